The predicted molar refractivity (Wildman–Crippen MR) is 87.6 cm³/mol. The van der Waals surface area contributed by atoms with Crippen LogP contribution in [0.25, 0.3) is 0 Å². The fourth-order valence-corrected chi connectivity index (χ4v) is 2.42. The Morgan fingerprint density at radius 2 is 2.08 bits per heavy atom. The van der Waals surface area contributed by atoms with Crippen LogP contribution >= 0.6 is 0 Å². The summed E-state index contributed by atoms with van der Waals surface area (Å²) in [5, 5.41) is 2.72. The van der Waals surface area contributed by atoms with Gasteiger partial charge in [0.2, 0.25) is 5.91 Å². The van der Waals surface area contributed by atoms with E-state index in [1.54, 1.807) is 0 Å². The van der Waals surface area contributed by atoms with Crippen molar-refractivity contribution in [1.29, 1.82) is 0 Å². The molecule has 1 heterocycles. The molecule has 1 saturated heterocycles. The third kappa shape index (κ3) is 5.50. The van der Waals surface area contributed by atoms with Crippen molar-refractivity contribution >= 4 is 11.8 Å². The average Bonchev–Trinajstić information content (AvgIpc) is 2.60. The Hall–Kier alpha value is -2.12. The van der Waals surface area contributed by atoms with Crippen LogP contribution in [0.15, 0.2) is 24.3 Å². The number of carbonyl (C=O) groups excluding carboxylic acids is 2. The molecule has 7 nitrogen and oxygen atoms in total. The minimum atomic E-state index is -0.627. The summed E-state index contributed by atoms with van der Waals surface area (Å²) in [5.74, 6) is -0.450. The van der Waals surface area contributed by atoms with E-state index in [1.165, 1.54) is 0 Å². The van der Waals surface area contributed by atoms with Gasteiger partial charge >= 0.3 is 0 Å². The summed E-state index contributed by atoms with van der Waals surface area (Å²) >= 11 is 0. The smallest absolute Gasteiger partial charge is 0.251 e. The van der Waals surface area contributed by atoms with Crippen molar-refractivity contribution in [2.45, 2.75) is 19.4 Å². The van der Waals surface area contributed by atoms with Gasteiger partial charge in [-0.2, -0.15) is 0 Å². The lowest BCUT2D eigenvalue weighted by atomic mass is 9.98. The van der Waals surface area contributed by atoms with Gasteiger partial charge in [0.05, 0.1) is 32.3 Å². The lowest BCUT2D eigenvalue weighted by molar-refractivity contribution is -0.147. The maximum absolute atomic E-state index is 12.0. The van der Waals surface area contributed by atoms with Crippen molar-refractivity contribution in [2.24, 2.45) is 11.7 Å². The number of rotatable bonds is 8. The zero-order valence-corrected chi connectivity index (χ0v) is 13.8. The lowest BCUT2D eigenvalue weighted by Crippen LogP contribution is -2.46. The quantitative estimate of drug-likeness (QED) is 0.709. The summed E-state index contributed by atoms with van der Waals surface area (Å²) in [6.07, 6.45) is -0.179. The molecule has 132 valence electrons. The SMILES string of the molecule is CCOc1ccc(C[C@@H](CNC(=O)[C@@H]2COCCO2)C(N)=O)cc1. The minimum absolute atomic E-state index is 0.168. The Balaban J connectivity index is 1.87. The summed E-state index contributed by atoms with van der Waals surface area (Å²) in [6.45, 7) is 3.80. The largest absolute Gasteiger partial charge is 0.494 e. The average molecular weight is 336 g/mol. The Morgan fingerprint density at radius 3 is 2.67 bits per heavy atom. The van der Waals surface area contributed by atoms with Crippen molar-refractivity contribution in [3.8, 4) is 5.75 Å². The number of benzene rings is 1. The van der Waals surface area contributed by atoms with Crippen molar-refractivity contribution < 1.29 is 23.8 Å². The fraction of sp³-hybridized carbons (Fsp3) is 0.529. The van der Waals surface area contributed by atoms with Crippen molar-refractivity contribution in [3.05, 3.63) is 29.8 Å². The molecule has 1 aromatic rings. The standard InChI is InChI=1S/C17H24N2O5/c1-2-23-14-5-3-12(4-6-14)9-13(16(18)20)10-19-17(21)15-11-22-7-8-24-15/h3-6,13,15H,2,7-11H2,1H3,(H2,18,20)(H,19,21)/t13-,15-/m0/s1. The molecular formula is C17H24N2O5. The number of nitrogens with one attached hydrogen (secondary N) is 1. The highest BCUT2D eigenvalue weighted by Gasteiger charge is 2.24. The molecule has 0 radical (unpaired) electrons. The first kappa shape index (κ1) is 18.2. The molecular weight excluding hydrogens is 312 g/mol. The molecule has 2 atom stereocenters. The van der Waals surface area contributed by atoms with Crippen LogP contribution in [-0.4, -0.2) is 50.9 Å². The van der Waals surface area contributed by atoms with Gasteiger partial charge in [-0.1, -0.05) is 12.1 Å². The van der Waals surface area contributed by atoms with E-state index in [2.05, 4.69) is 5.32 Å². The molecule has 2 rings (SSSR count). The highest BCUT2D eigenvalue weighted by atomic mass is 16.6. The van der Waals surface area contributed by atoms with Crippen LogP contribution in [0.2, 0.25) is 0 Å². The number of hydrogen-bond acceptors (Lipinski definition) is 5. The van der Waals surface area contributed by atoms with Crippen LogP contribution < -0.4 is 15.8 Å². The van der Waals surface area contributed by atoms with Crippen LogP contribution in [-0.2, 0) is 25.5 Å². The van der Waals surface area contributed by atoms with E-state index < -0.39 is 17.9 Å². The van der Waals surface area contributed by atoms with Crippen LogP contribution in [0.4, 0.5) is 0 Å². The highest BCUT2D eigenvalue weighted by molar-refractivity contribution is 5.82. The van der Waals surface area contributed by atoms with Gasteiger partial charge in [-0.25, -0.2) is 0 Å². The maximum atomic E-state index is 12.0. The molecule has 3 N–H and O–H groups in total. The molecule has 1 fully saturated rings. The summed E-state index contributed by atoms with van der Waals surface area (Å²) in [5.41, 5.74) is 6.41. The van der Waals surface area contributed by atoms with Crippen LogP contribution in [0.1, 0.15) is 12.5 Å². The number of hydrogen-bond donors (Lipinski definition) is 2. The summed E-state index contributed by atoms with van der Waals surface area (Å²) in [6, 6.07) is 7.48. The van der Waals surface area contributed by atoms with Gasteiger partial charge in [0.25, 0.3) is 5.91 Å². The highest BCUT2D eigenvalue weighted by Crippen LogP contribution is 2.15. The molecule has 1 aliphatic heterocycles. The molecule has 0 spiro atoms. The Bertz CT molecular complexity index is 540. The fourth-order valence-electron chi connectivity index (χ4n) is 2.42. The zero-order valence-electron chi connectivity index (χ0n) is 13.8. The van der Waals surface area contributed by atoms with Crippen molar-refractivity contribution in [2.75, 3.05) is 33.0 Å². The maximum Gasteiger partial charge on any atom is 0.251 e. The van der Waals surface area contributed by atoms with Gasteiger partial charge in [0.15, 0.2) is 6.10 Å². The molecule has 1 aromatic carbocycles. The predicted octanol–water partition coefficient (Wildman–Crippen LogP) is 0.261. The first-order valence-corrected chi connectivity index (χ1v) is 8.08. The van der Waals surface area contributed by atoms with Crippen LogP contribution in [0, 0.1) is 5.92 Å². The number of nitrogens with two attached hydrogens (primary N) is 1. The zero-order chi connectivity index (χ0) is 17.4. The van der Waals surface area contributed by atoms with Gasteiger partial charge in [-0.3, -0.25) is 9.59 Å². The number of ether oxygens (including phenoxy) is 3. The second kappa shape index (κ2) is 9.24. The Morgan fingerprint density at radius 1 is 1.33 bits per heavy atom. The van der Waals surface area contributed by atoms with E-state index in [4.69, 9.17) is 19.9 Å². The van der Waals surface area contributed by atoms with Crippen molar-refractivity contribution in [3.63, 3.8) is 0 Å². The Kier molecular flexibility index (Phi) is 7.02. The van der Waals surface area contributed by atoms with Crippen LogP contribution in [0.5, 0.6) is 5.75 Å². The summed E-state index contributed by atoms with van der Waals surface area (Å²) in [4.78, 5) is 23.7. The number of primary amides is 1. The van der Waals surface area contributed by atoms with Gasteiger partial charge in [0, 0.05) is 6.54 Å². The van der Waals surface area contributed by atoms with Crippen LogP contribution in [0.3, 0.4) is 0 Å². The van der Waals surface area contributed by atoms with Crippen molar-refractivity contribution in [1.82, 2.24) is 5.32 Å². The second-order valence-corrected chi connectivity index (χ2v) is 5.56. The second-order valence-electron chi connectivity index (χ2n) is 5.56. The van der Waals surface area contributed by atoms with E-state index in [9.17, 15) is 9.59 Å². The van der Waals surface area contributed by atoms with Gasteiger partial charge in [0.1, 0.15) is 5.75 Å². The third-order valence-corrected chi connectivity index (χ3v) is 3.75. The molecule has 0 aromatic heterocycles. The van der Waals surface area contributed by atoms with E-state index in [0.29, 0.717) is 26.2 Å². The number of carbonyl (C=O) groups is 2. The molecule has 2 amide bonds. The van der Waals surface area contributed by atoms with Gasteiger partial charge < -0.3 is 25.3 Å². The van der Waals surface area contributed by atoms with Gasteiger partial charge in [-0.05, 0) is 31.0 Å². The Labute approximate surface area is 141 Å². The first-order chi connectivity index (χ1) is 11.6. The van der Waals surface area contributed by atoms with E-state index in [-0.39, 0.29) is 19.1 Å². The summed E-state index contributed by atoms with van der Waals surface area (Å²) in [7, 11) is 0. The third-order valence-electron chi connectivity index (χ3n) is 3.75. The van der Waals surface area contributed by atoms with E-state index in [0.717, 1.165) is 11.3 Å². The van der Waals surface area contributed by atoms with E-state index in [1.807, 2.05) is 31.2 Å². The molecule has 1 aliphatic rings. The normalized spacial score (nSPS) is 18.6. The molecule has 0 unspecified atom stereocenters. The number of amides is 2. The molecule has 24 heavy (non-hydrogen) atoms. The first-order valence-electron chi connectivity index (χ1n) is 8.08. The monoisotopic (exact) mass is 336 g/mol. The molecule has 0 aliphatic carbocycles. The van der Waals surface area contributed by atoms with E-state index >= 15 is 0 Å². The molecule has 0 bridgehead atoms. The van der Waals surface area contributed by atoms with Gasteiger partial charge in [-0.15, -0.1) is 0 Å². The molecule has 7 heteroatoms. The lowest BCUT2D eigenvalue weighted by Gasteiger charge is -2.23. The minimum Gasteiger partial charge on any atom is -0.494 e. The summed E-state index contributed by atoms with van der Waals surface area (Å²) < 4.78 is 15.9. The topological polar surface area (TPSA) is 99.9 Å². The molecule has 0 saturated carbocycles.